The van der Waals surface area contributed by atoms with Crippen LogP contribution in [0.2, 0.25) is 0 Å². The molecule has 16 heavy (non-hydrogen) atoms. The number of Topliss-reactive ketones (excluding diaryl/α,β-unsaturated/α-hetero) is 1. The van der Waals surface area contributed by atoms with Crippen LogP contribution in [0.1, 0.15) is 34.7 Å². The van der Waals surface area contributed by atoms with Crippen molar-refractivity contribution in [3.8, 4) is 5.75 Å². The first-order valence-corrected chi connectivity index (χ1v) is 5.11. The number of fused-ring (bicyclic) bond motifs is 1. The third kappa shape index (κ3) is 1.78. The number of ketones is 1. The summed E-state index contributed by atoms with van der Waals surface area (Å²) in [6.45, 7) is 0. The number of carbonyl (C=O) groups excluding carboxylic acids is 2. The summed E-state index contributed by atoms with van der Waals surface area (Å²) in [4.78, 5) is 22.6. The monoisotopic (exact) mass is 219 g/mol. The number of amides is 1. The van der Waals surface area contributed by atoms with Gasteiger partial charge in [0.15, 0.2) is 5.78 Å². The van der Waals surface area contributed by atoms with Crippen molar-refractivity contribution < 1.29 is 14.3 Å². The Hall–Kier alpha value is -1.84. The van der Waals surface area contributed by atoms with Crippen molar-refractivity contribution in [2.75, 3.05) is 7.11 Å². The lowest BCUT2D eigenvalue weighted by molar-refractivity contribution is -0.118. The summed E-state index contributed by atoms with van der Waals surface area (Å²) in [5.74, 6) is 0.301. The molecule has 0 aliphatic heterocycles. The van der Waals surface area contributed by atoms with E-state index in [9.17, 15) is 9.59 Å². The molecule has 2 N–H and O–H groups in total. The van der Waals surface area contributed by atoms with Crippen molar-refractivity contribution in [3.63, 3.8) is 0 Å². The van der Waals surface area contributed by atoms with Gasteiger partial charge in [0.1, 0.15) is 5.75 Å². The number of hydrogen-bond donors (Lipinski definition) is 1. The lowest BCUT2D eigenvalue weighted by atomic mass is 9.97. The maximum atomic E-state index is 11.7. The molecule has 4 nitrogen and oxygen atoms in total. The molecule has 1 aromatic rings. The molecule has 0 heterocycles. The first-order valence-electron chi connectivity index (χ1n) is 5.11. The first-order chi connectivity index (χ1) is 7.61. The predicted molar refractivity (Wildman–Crippen MR) is 58.5 cm³/mol. The fourth-order valence-corrected chi connectivity index (χ4v) is 2.13. The molecule has 0 radical (unpaired) electrons. The van der Waals surface area contributed by atoms with Crippen LogP contribution in [-0.4, -0.2) is 18.8 Å². The zero-order chi connectivity index (χ0) is 11.7. The van der Waals surface area contributed by atoms with E-state index in [-0.39, 0.29) is 24.0 Å². The van der Waals surface area contributed by atoms with E-state index < -0.39 is 0 Å². The highest BCUT2D eigenvalue weighted by Gasteiger charge is 2.30. The Bertz CT molecular complexity index is 452. The first kappa shape index (κ1) is 10.7. The third-order valence-corrected chi connectivity index (χ3v) is 2.88. The van der Waals surface area contributed by atoms with Gasteiger partial charge in [-0.25, -0.2) is 0 Å². The van der Waals surface area contributed by atoms with E-state index in [0.717, 1.165) is 5.56 Å². The summed E-state index contributed by atoms with van der Waals surface area (Å²) >= 11 is 0. The summed E-state index contributed by atoms with van der Waals surface area (Å²) in [5, 5.41) is 0. The van der Waals surface area contributed by atoms with E-state index >= 15 is 0 Å². The maximum absolute atomic E-state index is 11.7. The molecular formula is C12H13NO3. The molecule has 1 aromatic carbocycles. The molecule has 0 bridgehead atoms. The highest BCUT2D eigenvalue weighted by atomic mass is 16.5. The average molecular weight is 219 g/mol. The largest absolute Gasteiger partial charge is 0.497 e. The van der Waals surface area contributed by atoms with Crippen molar-refractivity contribution in [3.05, 3.63) is 29.3 Å². The lowest BCUT2D eigenvalue weighted by Crippen LogP contribution is -2.14. The molecule has 0 spiro atoms. The number of methoxy groups -OCH3 is 1. The molecule has 1 atom stereocenters. The summed E-state index contributed by atoms with van der Waals surface area (Å²) < 4.78 is 5.10. The number of benzene rings is 1. The van der Waals surface area contributed by atoms with Gasteiger partial charge in [-0.05, 0) is 23.8 Å². The van der Waals surface area contributed by atoms with Gasteiger partial charge >= 0.3 is 0 Å². The van der Waals surface area contributed by atoms with Crippen molar-refractivity contribution in [1.82, 2.24) is 0 Å². The Morgan fingerprint density at radius 3 is 2.94 bits per heavy atom. The Labute approximate surface area is 93.4 Å². The summed E-state index contributed by atoms with van der Waals surface area (Å²) in [5.41, 5.74) is 6.73. The van der Waals surface area contributed by atoms with Crippen LogP contribution in [0.4, 0.5) is 0 Å². The van der Waals surface area contributed by atoms with Crippen molar-refractivity contribution in [1.29, 1.82) is 0 Å². The van der Waals surface area contributed by atoms with E-state index in [1.54, 1.807) is 19.2 Å². The zero-order valence-corrected chi connectivity index (χ0v) is 9.03. The Morgan fingerprint density at radius 2 is 2.31 bits per heavy atom. The average Bonchev–Trinajstić information content (AvgIpc) is 2.54. The number of hydrogen-bond acceptors (Lipinski definition) is 3. The molecule has 0 saturated carbocycles. The smallest absolute Gasteiger partial charge is 0.218 e. The molecule has 1 unspecified atom stereocenters. The number of rotatable bonds is 3. The van der Waals surface area contributed by atoms with Gasteiger partial charge in [-0.15, -0.1) is 0 Å². The van der Waals surface area contributed by atoms with Gasteiger partial charge in [-0.3, -0.25) is 9.59 Å². The molecule has 0 aromatic heterocycles. The normalized spacial score (nSPS) is 18.3. The van der Waals surface area contributed by atoms with Crippen molar-refractivity contribution in [2.24, 2.45) is 5.73 Å². The van der Waals surface area contributed by atoms with E-state index in [0.29, 0.717) is 17.7 Å². The van der Waals surface area contributed by atoms with Crippen LogP contribution in [0.15, 0.2) is 18.2 Å². The lowest BCUT2D eigenvalue weighted by Gasteiger charge is -2.09. The molecule has 1 amide bonds. The molecule has 0 fully saturated rings. The van der Waals surface area contributed by atoms with Crippen molar-refractivity contribution >= 4 is 11.7 Å². The minimum absolute atomic E-state index is 0.0731. The molecule has 2 rings (SSSR count). The maximum Gasteiger partial charge on any atom is 0.218 e. The van der Waals surface area contributed by atoms with Crippen LogP contribution in [0.3, 0.4) is 0 Å². The van der Waals surface area contributed by atoms with Gasteiger partial charge in [0, 0.05) is 24.3 Å². The molecule has 0 saturated heterocycles. The second kappa shape index (κ2) is 3.96. The predicted octanol–water partition coefficient (Wildman–Crippen LogP) is 1.24. The van der Waals surface area contributed by atoms with Crippen LogP contribution >= 0.6 is 0 Å². The summed E-state index contributed by atoms with van der Waals surface area (Å²) in [7, 11) is 1.57. The van der Waals surface area contributed by atoms with Gasteiger partial charge in [-0.1, -0.05) is 0 Å². The molecule has 84 valence electrons. The number of ether oxygens (including phenoxy) is 1. The minimum atomic E-state index is -0.381. The zero-order valence-electron chi connectivity index (χ0n) is 9.03. The number of carbonyl (C=O) groups is 2. The number of primary amides is 1. The molecular weight excluding hydrogens is 206 g/mol. The van der Waals surface area contributed by atoms with E-state index in [1.165, 1.54) is 0 Å². The van der Waals surface area contributed by atoms with E-state index in [2.05, 4.69) is 0 Å². The minimum Gasteiger partial charge on any atom is -0.497 e. The van der Waals surface area contributed by atoms with Crippen LogP contribution in [0, 0.1) is 0 Å². The second-order valence-corrected chi connectivity index (χ2v) is 3.95. The molecule has 4 heteroatoms. The second-order valence-electron chi connectivity index (χ2n) is 3.95. The Balaban J connectivity index is 2.38. The molecule has 1 aliphatic carbocycles. The highest BCUT2D eigenvalue weighted by molar-refractivity contribution is 6.02. The van der Waals surface area contributed by atoms with Gasteiger partial charge in [0.25, 0.3) is 0 Å². The third-order valence-electron chi connectivity index (χ3n) is 2.88. The van der Waals surface area contributed by atoms with Crippen LogP contribution in [0.5, 0.6) is 5.75 Å². The van der Waals surface area contributed by atoms with E-state index in [1.807, 2.05) is 6.07 Å². The fourth-order valence-electron chi connectivity index (χ4n) is 2.13. The Morgan fingerprint density at radius 1 is 1.56 bits per heavy atom. The summed E-state index contributed by atoms with van der Waals surface area (Å²) in [6, 6.07) is 5.31. The number of nitrogens with two attached hydrogens (primary N) is 1. The van der Waals surface area contributed by atoms with Gasteiger partial charge in [0.2, 0.25) is 5.91 Å². The summed E-state index contributed by atoms with van der Waals surface area (Å²) in [6.07, 6.45) is 0.581. The highest BCUT2D eigenvalue weighted by Crippen LogP contribution is 2.37. The van der Waals surface area contributed by atoms with Gasteiger partial charge < -0.3 is 10.5 Å². The van der Waals surface area contributed by atoms with Crippen LogP contribution in [0.25, 0.3) is 0 Å². The topological polar surface area (TPSA) is 69.4 Å². The standard InChI is InChI=1S/C12H13NO3/c1-16-8-2-3-9-10(6-8)7(4-11(9)14)5-12(13)15/h2-3,6-7H,4-5H2,1H3,(H2,13,15). The van der Waals surface area contributed by atoms with Crippen LogP contribution < -0.4 is 10.5 Å². The van der Waals surface area contributed by atoms with E-state index in [4.69, 9.17) is 10.5 Å². The van der Waals surface area contributed by atoms with Crippen LogP contribution in [-0.2, 0) is 4.79 Å². The van der Waals surface area contributed by atoms with Gasteiger partial charge in [-0.2, -0.15) is 0 Å². The SMILES string of the molecule is COc1ccc2c(c1)C(CC(N)=O)CC2=O. The van der Waals surface area contributed by atoms with Gasteiger partial charge in [0.05, 0.1) is 7.11 Å². The Kier molecular flexibility index (Phi) is 2.64. The molecule has 1 aliphatic rings. The van der Waals surface area contributed by atoms with Crippen molar-refractivity contribution in [2.45, 2.75) is 18.8 Å². The fraction of sp³-hybridized carbons (Fsp3) is 0.333. The quantitative estimate of drug-likeness (QED) is 0.831.